The summed E-state index contributed by atoms with van der Waals surface area (Å²) in [4.78, 5) is 151. The highest BCUT2D eigenvalue weighted by atomic mass is 16.7. The molecule has 0 aromatic carbocycles. The van der Waals surface area contributed by atoms with Crippen LogP contribution in [0.1, 0.15) is 258 Å². The number of rotatable bonds is 38. The Morgan fingerprint density at radius 2 is 1.21 bits per heavy atom. The van der Waals surface area contributed by atoms with Crippen LogP contribution in [0.25, 0.3) is 0 Å². The SMILES string of the molecule is CO[C@@H](CC1CC[C@@H](C)[C@](O)(C(=O)C(=O)N2CCCC[C@H]2C(=O)O)O1)/C(C)=C/C=C/C=C/[C@@H](C)C[C@@H](C)C(=O)[C@H](OC)[C@H](O)/C(C)=C/[C@@H](C)C(O)/C=C/[C@H](C)C[C@@H]1CC[C@@H](OC(=O)C(C)(CO)CO)[C@H](OC)C1.CO[C@H]1CC2CC[C@@H](C)[C@@](O)(O2)C(=O)C(=O)N2CCCC[C@H]2C(=O)O[C@H]([C@H](C)C[C@@H]2CC[C@@H](OC(=O)C(C)(CO)CO)[C@H](OC)C2)CC(=O)[C@H](C)/C=C(\C)[C@@H](O)[C@@H](OC)C(=O)[C@H](C)C[C@@](C)(O)/C=C/C=CC=C1C. The molecular formula is C112H176N2O33. The van der Waals surface area contributed by atoms with Gasteiger partial charge in [-0.2, -0.15) is 0 Å². The van der Waals surface area contributed by atoms with Crippen LogP contribution in [-0.2, 0) is 105 Å². The molecule has 7 rings (SSSR count). The van der Waals surface area contributed by atoms with E-state index in [0.717, 1.165) is 33.8 Å². The average Bonchev–Trinajstić information content (AvgIpc) is 0.774. The van der Waals surface area contributed by atoms with Crippen molar-refractivity contribution in [3.8, 4) is 0 Å². The highest BCUT2D eigenvalue weighted by Crippen LogP contribution is 2.43. The molecule has 2 bridgehead atoms. The maximum Gasteiger partial charge on any atom is 0.329 e. The molecule has 0 radical (unpaired) electrons. The van der Waals surface area contributed by atoms with Gasteiger partial charge in [-0.25, -0.2) is 9.59 Å². The van der Waals surface area contributed by atoms with E-state index in [1.54, 1.807) is 99.1 Å². The largest absolute Gasteiger partial charge is 0.480 e. The van der Waals surface area contributed by atoms with Gasteiger partial charge in [-0.15, -0.1) is 0 Å². The van der Waals surface area contributed by atoms with E-state index in [2.05, 4.69) is 6.92 Å². The van der Waals surface area contributed by atoms with E-state index < -0.39 is 234 Å². The van der Waals surface area contributed by atoms with Crippen molar-refractivity contribution in [2.75, 3.05) is 82.2 Å². The van der Waals surface area contributed by atoms with Crippen LogP contribution in [0.3, 0.4) is 0 Å². The summed E-state index contributed by atoms with van der Waals surface area (Å²) in [6.07, 6.45) is 23.6. The van der Waals surface area contributed by atoms with Crippen LogP contribution in [0.15, 0.2) is 107 Å². The third-order valence-electron chi connectivity index (χ3n) is 31.2. The monoisotopic (exact) mass is 2080 g/mol. The number of esters is 3. The molecule has 832 valence electrons. The van der Waals surface area contributed by atoms with Crippen molar-refractivity contribution < 1.29 is 161 Å². The van der Waals surface area contributed by atoms with Crippen molar-refractivity contribution in [2.24, 2.45) is 75.9 Å². The van der Waals surface area contributed by atoms with Crippen LogP contribution in [0.2, 0.25) is 0 Å². The number of aliphatic hydroxyl groups excluding tert-OH is 7. The normalized spacial score (nSPS) is 32.6. The Morgan fingerprint density at radius 3 is 1.78 bits per heavy atom. The number of hydrogen-bond donors (Lipinski definition) is 11. The predicted molar refractivity (Wildman–Crippen MR) is 547 cm³/mol. The number of methoxy groups -OCH3 is 6. The third-order valence-corrected chi connectivity index (χ3v) is 31.2. The molecule has 147 heavy (non-hydrogen) atoms. The molecule has 11 N–H and O–H groups in total. The molecule has 4 saturated heterocycles. The Kier molecular flexibility index (Phi) is 52.1. The predicted octanol–water partition coefficient (Wildman–Crippen LogP) is 10.7. The molecule has 6 fully saturated rings. The van der Waals surface area contributed by atoms with E-state index in [9.17, 15) is 109 Å². The molecule has 5 heterocycles. The second-order valence-electron chi connectivity index (χ2n) is 43.6. The topological polar surface area (TPSA) is 518 Å². The number of aliphatic hydroxyl groups is 10. The number of fused-ring (bicyclic) bond motifs is 3. The number of nitrogens with zero attached hydrogens (tertiary/aromatic N) is 2. The summed E-state index contributed by atoms with van der Waals surface area (Å²) in [5.74, 6) is -17.8. The molecule has 35 heteroatoms. The van der Waals surface area contributed by atoms with Gasteiger partial charge in [0.25, 0.3) is 23.4 Å². The Balaban J connectivity index is 0.000000449. The lowest BCUT2D eigenvalue weighted by Gasteiger charge is -2.42. The Hall–Kier alpha value is -7.89. The van der Waals surface area contributed by atoms with Crippen LogP contribution in [-0.4, -0.2) is 327 Å². The number of likely N-dealkylation sites (tertiary alicyclic amines) is 1. The van der Waals surface area contributed by atoms with Crippen molar-refractivity contribution in [3.63, 3.8) is 0 Å². The van der Waals surface area contributed by atoms with Crippen LogP contribution < -0.4 is 0 Å². The molecule has 2 amide bonds. The zero-order chi connectivity index (χ0) is 110. The van der Waals surface area contributed by atoms with E-state index >= 15 is 0 Å². The minimum absolute atomic E-state index is 0.00266. The molecule has 7 aliphatic rings. The smallest absolute Gasteiger partial charge is 0.329 e. The number of carbonyl (C=O) groups is 11. The minimum atomic E-state index is -2.50. The molecule has 2 saturated carbocycles. The summed E-state index contributed by atoms with van der Waals surface area (Å²) in [6.45, 7) is 25.5. The molecule has 5 aliphatic heterocycles. The van der Waals surface area contributed by atoms with Gasteiger partial charge in [0.15, 0.2) is 11.6 Å². The van der Waals surface area contributed by atoms with E-state index in [0.29, 0.717) is 114 Å². The summed E-state index contributed by atoms with van der Waals surface area (Å²) in [5.41, 5.74) is -1.86. The number of aliphatic carboxylic acids is 1. The van der Waals surface area contributed by atoms with Crippen LogP contribution >= 0.6 is 0 Å². The lowest BCUT2D eigenvalue weighted by Crippen LogP contribution is -2.61. The maximum atomic E-state index is 14.5. The number of cyclic esters (lactones) is 1. The summed E-state index contributed by atoms with van der Waals surface area (Å²) in [7, 11) is 8.85. The first-order chi connectivity index (χ1) is 69.2. The number of carboxylic acid groups (broad SMARTS) is 1. The first-order valence-corrected chi connectivity index (χ1v) is 52.6. The fraction of sp³-hybridized carbons (Fsp3) is 0.741. The van der Waals surface area contributed by atoms with Gasteiger partial charge in [0.05, 0.1) is 74.8 Å². The molecule has 30 atom stereocenters. The summed E-state index contributed by atoms with van der Waals surface area (Å²) in [5, 5.41) is 117. The third kappa shape index (κ3) is 35.9. The number of allylic oxidation sites excluding steroid dienone is 11. The molecule has 0 spiro atoms. The highest BCUT2D eigenvalue weighted by molar-refractivity contribution is 6.39. The van der Waals surface area contributed by atoms with E-state index in [-0.39, 0.29) is 92.1 Å². The van der Waals surface area contributed by atoms with Gasteiger partial charge < -0.3 is 118 Å². The van der Waals surface area contributed by atoms with Gasteiger partial charge >= 0.3 is 23.9 Å². The fourth-order valence-corrected chi connectivity index (χ4v) is 20.9. The Bertz CT molecular complexity index is 4580. The summed E-state index contributed by atoms with van der Waals surface area (Å²) in [6, 6.07) is -2.34. The van der Waals surface area contributed by atoms with E-state index in [1.165, 1.54) is 48.4 Å². The number of ether oxygens (including phenoxy) is 11. The summed E-state index contributed by atoms with van der Waals surface area (Å²) >= 11 is 0. The molecule has 3 unspecified atom stereocenters. The average molecular weight is 2080 g/mol. The maximum absolute atomic E-state index is 14.5. The number of Topliss-reactive ketones (excluding diaryl/α,β-unsaturated/α-hetero) is 5. The molecule has 2 aliphatic carbocycles. The fourth-order valence-electron chi connectivity index (χ4n) is 20.9. The quantitative estimate of drug-likeness (QED) is 0.00899. The number of carboxylic acids is 1. The number of piperidine rings is 2. The zero-order valence-corrected chi connectivity index (χ0v) is 91.0. The van der Waals surface area contributed by atoms with Gasteiger partial charge in [0.2, 0.25) is 11.6 Å². The molecule has 0 aromatic heterocycles. The van der Waals surface area contributed by atoms with Crippen LogP contribution in [0.4, 0.5) is 0 Å². The van der Waals surface area contributed by atoms with Gasteiger partial charge in [-0.3, -0.25) is 43.2 Å². The minimum Gasteiger partial charge on any atom is -0.480 e. The Labute approximate surface area is 869 Å². The van der Waals surface area contributed by atoms with Gasteiger partial charge in [-0.05, 0) is 229 Å². The lowest BCUT2D eigenvalue weighted by molar-refractivity contribution is -0.265. The Morgan fingerprint density at radius 1 is 0.619 bits per heavy atom. The lowest BCUT2D eigenvalue weighted by atomic mass is 9.78. The van der Waals surface area contributed by atoms with Crippen LogP contribution in [0.5, 0.6) is 0 Å². The number of hydrogen-bond acceptors (Lipinski definition) is 32. The van der Waals surface area contributed by atoms with E-state index in [1.807, 2.05) is 84.1 Å². The van der Waals surface area contributed by atoms with Crippen molar-refractivity contribution >= 4 is 64.6 Å². The summed E-state index contributed by atoms with van der Waals surface area (Å²) < 4.78 is 64.0. The number of amides is 2. The van der Waals surface area contributed by atoms with Crippen molar-refractivity contribution in [3.05, 3.63) is 107 Å². The standard InChI is InChI=1S/C56H87NO17.C56H89NO16/c1-33-17-13-12-15-23-55(8,67)30-37(5)48(62)49(71-11)47(61)36(4)25-34(2)42(60)29-45(35(3)26-39-20-22-43(46(27-39)70-10)73-53(66)54(7,31-58)32-59)72-52(65)41-18-14-16-24-57(41)51(64)50(63)56(68)38(6)19-21-40(74-56)28-44(33)69-9;1-34(17-13-12-14-18-36(3)46(69-9)31-42-23-21-40(7)56(68,73-42)51(63)52(64)57-26-16-15-19-43(57)53(65)66)27-38(5)48(61)50(71-11)49(62)39(6)29-37(4)44(60)24-20-35(2)28-41-22-25-45(47(30-41)70-10)72-54(67)55(8,32-58)33-59/h12-13,15,17,23,25,34-35,37-41,43-47,49,58-59,61,67-68H,14,16,18-22,24,26-32H2,1-11H3;12-14,17-18,20,24,29,34-35,37-38,40-47,49-50,58-60,62,68H,15-16,19,21-23,25-28,30-33H2,1-11H3,(H,65,66)/b13-12?,23-15+,33-17?,36-25+;14-12+,17-13+,24-20+,36-18+,39-29+/t34-,35-,37-,38-,39+,40?,41+,43-,44+,45+,46-,47-,49-,55+,56-;34-,35+,37-,38-,40-,41+,42?,43+,44?,45-,46+,47-,49-,50+,56-/m11/s1. The second-order valence-corrected chi connectivity index (χ2v) is 43.6. The number of ketones is 5. The van der Waals surface area contributed by atoms with E-state index in [4.69, 9.17) is 52.1 Å². The van der Waals surface area contributed by atoms with Gasteiger partial charge in [-0.1, -0.05) is 147 Å². The number of carbonyl (C=O) groups excluding carboxylic acids is 10. The highest BCUT2D eigenvalue weighted by Gasteiger charge is 2.56. The van der Waals surface area contributed by atoms with Crippen LogP contribution in [0, 0.1) is 75.9 Å². The zero-order valence-electron chi connectivity index (χ0n) is 91.0. The van der Waals surface area contributed by atoms with Crippen molar-refractivity contribution in [2.45, 2.75) is 373 Å². The second kappa shape index (κ2) is 59.9. The molecule has 35 nitrogen and oxygen atoms in total. The van der Waals surface area contributed by atoms with Gasteiger partial charge in [0.1, 0.15) is 71.4 Å². The first kappa shape index (κ1) is 128. The van der Waals surface area contributed by atoms with Crippen molar-refractivity contribution in [1.82, 2.24) is 9.80 Å². The molecular weight excluding hydrogens is 1900 g/mol. The van der Waals surface area contributed by atoms with Gasteiger partial charge in [0, 0.05) is 111 Å². The van der Waals surface area contributed by atoms with Crippen molar-refractivity contribution in [1.29, 1.82) is 0 Å². The molecule has 0 aromatic rings. The first-order valence-electron chi connectivity index (χ1n) is 52.6.